The first-order chi connectivity index (χ1) is 8.17. The minimum atomic E-state index is -3.38. The van der Waals surface area contributed by atoms with Crippen molar-refractivity contribution in [1.29, 1.82) is 0 Å². The Balaban J connectivity index is 1.96. The van der Waals surface area contributed by atoms with Crippen molar-refractivity contribution in [3.05, 3.63) is 24.3 Å². The minimum absolute atomic E-state index is 0.165. The summed E-state index contributed by atoms with van der Waals surface area (Å²) < 4.78 is 26.8. The Morgan fingerprint density at radius 3 is 2.82 bits per heavy atom. The third-order valence-electron chi connectivity index (χ3n) is 3.27. The van der Waals surface area contributed by atoms with Crippen LogP contribution in [0.2, 0.25) is 0 Å². The molecule has 0 unspecified atom stereocenters. The molecule has 6 heteroatoms. The second kappa shape index (κ2) is 3.97. The zero-order chi connectivity index (χ0) is 11.9. The Kier molecular flexibility index (Phi) is 2.57. The highest BCUT2D eigenvalue weighted by molar-refractivity contribution is 7.89. The second-order valence-electron chi connectivity index (χ2n) is 4.44. The Bertz CT molecular complexity index is 523. The van der Waals surface area contributed by atoms with Gasteiger partial charge in [0.1, 0.15) is 11.1 Å². The summed E-state index contributed by atoms with van der Waals surface area (Å²) in [6, 6.07) is 7.15. The van der Waals surface area contributed by atoms with Crippen LogP contribution in [0.25, 0.3) is 0 Å². The fraction of sp³-hybridized carbons (Fsp3) is 0.455. The van der Waals surface area contributed by atoms with Gasteiger partial charge in [-0.15, -0.1) is 0 Å². The average molecular weight is 253 g/mol. The van der Waals surface area contributed by atoms with Crippen LogP contribution < -0.4 is 15.4 Å². The van der Waals surface area contributed by atoms with Gasteiger partial charge in [0.05, 0.1) is 5.69 Å². The van der Waals surface area contributed by atoms with Gasteiger partial charge >= 0.3 is 0 Å². The van der Waals surface area contributed by atoms with Crippen molar-refractivity contribution in [3.8, 4) is 0 Å². The molecule has 0 aromatic heterocycles. The van der Waals surface area contributed by atoms with Gasteiger partial charge in [-0.2, -0.15) is 4.72 Å². The molecule has 3 N–H and O–H groups in total. The van der Waals surface area contributed by atoms with E-state index in [1.54, 1.807) is 18.2 Å². The molecule has 2 aliphatic heterocycles. The van der Waals surface area contributed by atoms with E-state index < -0.39 is 10.0 Å². The molecule has 2 aliphatic rings. The standard InChI is InChI=1S/C11H15N3O2S/c15-17(16)10-6-2-1-4-8(10)13-11(14-17)9-5-3-7-12-9/h1-2,4,6,9,11-14H,3,5,7H2/t9-,11-/m1/s1. The number of nitrogens with one attached hydrogen (secondary N) is 3. The fourth-order valence-corrected chi connectivity index (χ4v) is 3.79. The van der Waals surface area contributed by atoms with E-state index in [9.17, 15) is 8.42 Å². The van der Waals surface area contributed by atoms with Gasteiger partial charge in [0.15, 0.2) is 0 Å². The molecule has 3 rings (SSSR count). The van der Waals surface area contributed by atoms with E-state index in [1.807, 2.05) is 6.07 Å². The third kappa shape index (κ3) is 1.92. The molecule has 17 heavy (non-hydrogen) atoms. The van der Waals surface area contributed by atoms with E-state index in [0.717, 1.165) is 19.4 Å². The summed E-state index contributed by atoms with van der Waals surface area (Å²) in [4.78, 5) is 0.328. The molecular formula is C11H15N3O2S. The summed E-state index contributed by atoms with van der Waals surface area (Å²) in [5.74, 6) is 0. The zero-order valence-electron chi connectivity index (χ0n) is 9.31. The van der Waals surface area contributed by atoms with Crippen LogP contribution in [0, 0.1) is 0 Å². The van der Waals surface area contributed by atoms with Crippen molar-refractivity contribution < 1.29 is 8.42 Å². The van der Waals surface area contributed by atoms with E-state index in [-0.39, 0.29) is 12.2 Å². The SMILES string of the molecule is O=S1(=O)N[C@H]([C@H]2CCCN2)Nc2ccccc21. The smallest absolute Gasteiger partial charge is 0.244 e. The predicted octanol–water partition coefficient (Wildman–Crippen LogP) is 0.468. The summed E-state index contributed by atoms with van der Waals surface area (Å²) in [5.41, 5.74) is 0.685. The van der Waals surface area contributed by atoms with Crippen LogP contribution in [0.3, 0.4) is 0 Å². The molecular weight excluding hydrogens is 238 g/mol. The molecule has 0 amide bonds. The van der Waals surface area contributed by atoms with Crippen molar-refractivity contribution in [2.75, 3.05) is 11.9 Å². The first-order valence-corrected chi connectivity index (χ1v) is 7.26. The highest BCUT2D eigenvalue weighted by Gasteiger charge is 2.34. The van der Waals surface area contributed by atoms with Gasteiger partial charge in [-0.1, -0.05) is 12.1 Å². The Hall–Kier alpha value is -1.11. The van der Waals surface area contributed by atoms with E-state index in [1.165, 1.54) is 0 Å². The Labute approximate surface area is 101 Å². The number of anilines is 1. The quantitative estimate of drug-likeness (QED) is 0.680. The molecule has 0 bridgehead atoms. The molecule has 1 fully saturated rings. The lowest BCUT2D eigenvalue weighted by molar-refractivity contribution is 0.472. The number of rotatable bonds is 1. The van der Waals surface area contributed by atoms with Gasteiger partial charge in [-0.05, 0) is 31.5 Å². The van der Waals surface area contributed by atoms with Crippen LogP contribution in [-0.2, 0) is 10.0 Å². The highest BCUT2D eigenvalue weighted by Crippen LogP contribution is 2.27. The molecule has 1 aromatic rings. The van der Waals surface area contributed by atoms with Gasteiger partial charge in [0.2, 0.25) is 10.0 Å². The number of benzene rings is 1. The van der Waals surface area contributed by atoms with E-state index >= 15 is 0 Å². The Morgan fingerprint density at radius 1 is 1.24 bits per heavy atom. The summed E-state index contributed by atoms with van der Waals surface area (Å²) in [5, 5.41) is 6.55. The lowest BCUT2D eigenvalue weighted by Gasteiger charge is -2.31. The van der Waals surface area contributed by atoms with Crippen molar-refractivity contribution in [2.24, 2.45) is 0 Å². The lowest BCUT2D eigenvalue weighted by atomic mass is 10.1. The predicted molar refractivity (Wildman–Crippen MR) is 65.2 cm³/mol. The second-order valence-corrected chi connectivity index (χ2v) is 6.12. The van der Waals surface area contributed by atoms with Crippen LogP contribution >= 0.6 is 0 Å². The largest absolute Gasteiger partial charge is 0.367 e. The fourth-order valence-electron chi connectivity index (χ4n) is 2.43. The first-order valence-electron chi connectivity index (χ1n) is 5.78. The number of para-hydroxylation sites is 1. The number of sulfonamides is 1. The van der Waals surface area contributed by atoms with E-state index in [2.05, 4.69) is 15.4 Å². The van der Waals surface area contributed by atoms with Crippen LogP contribution in [0.15, 0.2) is 29.2 Å². The molecule has 1 saturated heterocycles. The van der Waals surface area contributed by atoms with Crippen LogP contribution in [0.5, 0.6) is 0 Å². The zero-order valence-corrected chi connectivity index (χ0v) is 10.1. The number of fused-ring (bicyclic) bond motifs is 1. The maximum atomic E-state index is 12.1. The van der Waals surface area contributed by atoms with Crippen LogP contribution in [0.1, 0.15) is 12.8 Å². The van der Waals surface area contributed by atoms with Crippen molar-refractivity contribution >= 4 is 15.7 Å². The average Bonchev–Trinajstić information content (AvgIpc) is 2.81. The third-order valence-corrected chi connectivity index (χ3v) is 4.77. The maximum absolute atomic E-state index is 12.1. The molecule has 1 aromatic carbocycles. The van der Waals surface area contributed by atoms with Gasteiger partial charge < -0.3 is 10.6 Å². The lowest BCUT2D eigenvalue weighted by Crippen LogP contribution is -2.54. The number of hydrogen-bond donors (Lipinski definition) is 3. The monoisotopic (exact) mass is 253 g/mol. The van der Waals surface area contributed by atoms with Gasteiger partial charge in [-0.25, -0.2) is 8.42 Å². The molecule has 0 spiro atoms. The van der Waals surface area contributed by atoms with Gasteiger partial charge in [0, 0.05) is 6.04 Å². The van der Waals surface area contributed by atoms with Gasteiger partial charge in [0.25, 0.3) is 0 Å². The van der Waals surface area contributed by atoms with Crippen LogP contribution in [0.4, 0.5) is 5.69 Å². The van der Waals surface area contributed by atoms with E-state index in [0.29, 0.717) is 10.6 Å². The molecule has 2 heterocycles. The molecule has 92 valence electrons. The van der Waals surface area contributed by atoms with Crippen molar-refractivity contribution in [2.45, 2.75) is 29.9 Å². The molecule has 5 nitrogen and oxygen atoms in total. The minimum Gasteiger partial charge on any atom is -0.367 e. The summed E-state index contributed by atoms with van der Waals surface area (Å²) >= 11 is 0. The molecule has 2 atom stereocenters. The van der Waals surface area contributed by atoms with E-state index in [4.69, 9.17) is 0 Å². The summed E-state index contributed by atoms with van der Waals surface area (Å²) in [7, 11) is -3.38. The van der Waals surface area contributed by atoms with Crippen LogP contribution in [-0.4, -0.2) is 27.2 Å². The van der Waals surface area contributed by atoms with Gasteiger partial charge in [-0.3, -0.25) is 0 Å². The van der Waals surface area contributed by atoms with Crippen molar-refractivity contribution in [3.63, 3.8) is 0 Å². The first kappa shape index (κ1) is 11.0. The highest BCUT2D eigenvalue weighted by atomic mass is 32.2. The topological polar surface area (TPSA) is 70.2 Å². The molecule has 0 aliphatic carbocycles. The molecule has 0 radical (unpaired) electrons. The summed E-state index contributed by atoms with van der Waals surface area (Å²) in [6.45, 7) is 0.951. The maximum Gasteiger partial charge on any atom is 0.244 e. The normalized spacial score (nSPS) is 30.6. The Morgan fingerprint density at radius 2 is 2.06 bits per heavy atom. The van der Waals surface area contributed by atoms with Crippen molar-refractivity contribution in [1.82, 2.24) is 10.0 Å². The molecule has 0 saturated carbocycles. The summed E-state index contributed by atoms with van der Waals surface area (Å²) in [6.07, 6.45) is 1.83. The number of hydrogen-bond acceptors (Lipinski definition) is 4.